The van der Waals surface area contributed by atoms with Crippen molar-refractivity contribution in [3.05, 3.63) is 194 Å². The minimum Gasteiger partial charge on any atom is -0.292 e. The molecule has 0 spiro atoms. The molecule has 9 aromatic carbocycles. The maximum atomic E-state index is 5.20. The Labute approximate surface area is 296 Å². The van der Waals surface area contributed by atoms with Crippen molar-refractivity contribution in [1.29, 1.82) is 0 Å². The monoisotopic (exact) mass is 648 g/mol. The summed E-state index contributed by atoms with van der Waals surface area (Å²) in [7, 11) is 0. The summed E-state index contributed by atoms with van der Waals surface area (Å²) in [5.74, 6) is 0.938. The van der Waals surface area contributed by atoms with Gasteiger partial charge in [0.25, 0.3) is 0 Å². The van der Waals surface area contributed by atoms with Gasteiger partial charge in [0.1, 0.15) is 5.82 Å². The summed E-state index contributed by atoms with van der Waals surface area (Å²) in [4.78, 5) is 5.20. The Hall–Kier alpha value is -6.77. The van der Waals surface area contributed by atoms with Gasteiger partial charge in [-0.15, -0.1) is 0 Å². The highest BCUT2D eigenvalue weighted by molar-refractivity contribution is 6.21. The third-order valence-electron chi connectivity index (χ3n) is 10.2. The molecule has 0 amide bonds. The Kier molecular flexibility index (Phi) is 6.85. The summed E-state index contributed by atoms with van der Waals surface area (Å²) in [5, 5.41) is 7.39. The second kappa shape index (κ2) is 12.0. The molecule has 0 radical (unpaired) electrons. The van der Waals surface area contributed by atoms with Gasteiger partial charge >= 0.3 is 0 Å². The van der Waals surface area contributed by atoms with Crippen molar-refractivity contribution >= 4 is 43.4 Å². The van der Waals surface area contributed by atoms with E-state index < -0.39 is 0 Å². The SMILES string of the molecule is c1ccc(-c2ccc(-c3c4ccccc4c(-c4ccc(-n5c(-c6ccccc6)nc6ccc7ccccc7c65)cc4)c4ccccc34)cc2)cc1. The number of nitrogens with zero attached hydrogens (tertiary/aromatic N) is 2. The molecule has 0 atom stereocenters. The summed E-state index contributed by atoms with van der Waals surface area (Å²) in [6.45, 7) is 0. The molecule has 2 heteroatoms. The summed E-state index contributed by atoms with van der Waals surface area (Å²) in [6.07, 6.45) is 0. The van der Waals surface area contributed by atoms with Gasteiger partial charge in [0.15, 0.2) is 0 Å². The Balaban J connectivity index is 1.16. The first-order valence-electron chi connectivity index (χ1n) is 17.5. The van der Waals surface area contributed by atoms with Gasteiger partial charge in [-0.05, 0) is 78.5 Å². The maximum Gasteiger partial charge on any atom is 0.145 e. The zero-order chi connectivity index (χ0) is 33.7. The first kappa shape index (κ1) is 29.2. The molecule has 0 unspecified atom stereocenters. The van der Waals surface area contributed by atoms with Crippen LogP contribution in [0.2, 0.25) is 0 Å². The van der Waals surface area contributed by atoms with E-state index in [2.05, 4.69) is 199 Å². The summed E-state index contributed by atoms with van der Waals surface area (Å²) in [6, 6.07) is 69.8. The van der Waals surface area contributed by atoms with Crippen LogP contribution >= 0.6 is 0 Å². The second-order valence-electron chi connectivity index (χ2n) is 13.1. The topological polar surface area (TPSA) is 17.8 Å². The third-order valence-corrected chi connectivity index (χ3v) is 10.2. The highest BCUT2D eigenvalue weighted by Crippen LogP contribution is 2.44. The number of benzene rings is 9. The molecule has 0 aliphatic heterocycles. The van der Waals surface area contributed by atoms with E-state index in [4.69, 9.17) is 4.98 Å². The van der Waals surface area contributed by atoms with Crippen molar-refractivity contribution in [2.75, 3.05) is 0 Å². The molecule has 0 aliphatic rings. The molecule has 10 aromatic rings. The van der Waals surface area contributed by atoms with Crippen LogP contribution in [0.3, 0.4) is 0 Å². The smallest absolute Gasteiger partial charge is 0.145 e. The van der Waals surface area contributed by atoms with Crippen LogP contribution in [0.1, 0.15) is 0 Å². The Morgan fingerprint density at radius 1 is 0.314 bits per heavy atom. The summed E-state index contributed by atoms with van der Waals surface area (Å²) in [5.41, 5.74) is 11.7. The number of hydrogen-bond acceptors (Lipinski definition) is 1. The molecule has 0 saturated heterocycles. The van der Waals surface area contributed by atoms with Crippen LogP contribution < -0.4 is 0 Å². The predicted octanol–water partition coefficient (Wildman–Crippen LogP) is 13.2. The molecular weight excluding hydrogens is 617 g/mol. The first-order valence-corrected chi connectivity index (χ1v) is 17.5. The van der Waals surface area contributed by atoms with Crippen molar-refractivity contribution in [2.24, 2.45) is 0 Å². The molecule has 238 valence electrons. The third kappa shape index (κ3) is 4.84. The van der Waals surface area contributed by atoms with Crippen LogP contribution in [0.25, 0.3) is 93.8 Å². The molecule has 51 heavy (non-hydrogen) atoms. The van der Waals surface area contributed by atoms with Gasteiger partial charge in [-0.1, -0.05) is 176 Å². The minimum absolute atomic E-state index is 0.938. The van der Waals surface area contributed by atoms with Crippen LogP contribution in [-0.2, 0) is 0 Å². The van der Waals surface area contributed by atoms with Gasteiger partial charge in [0.05, 0.1) is 11.0 Å². The molecule has 1 heterocycles. The van der Waals surface area contributed by atoms with Gasteiger partial charge in [-0.2, -0.15) is 0 Å². The average Bonchev–Trinajstić information content (AvgIpc) is 3.61. The number of rotatable bonds is 5. The van der Waals surface area contributed by atoms with Crippen LogP contribution in [0.15, 0.2) is 194 Å². The van der Waals surface area contributed by atoms with E-state index in [1.807, 2.05) is 0 Å². The lowest BCUT2D eigenvalue weighted by atomic mass is 9.85. The summed E-state index contributed by atoms with van der Waals surface area (Å²) >= 11 is 0. The van der Waals surface area contributed by atoms with Gasteiger partial charge in [-0.25, -0.2) is 4.98 Å². The van der Waals surface area contributed by atoms with Gasteiger partial charge in [-0.3, -0.25) is 4.57 Å². The van der Waals surface area contributed by atoms with E-state index in [0.29, 0.717) is 0 Å². The van der Waals surface area contributed by atoms with Gasteiger partial charge in [0, 0.05) is 16.6 Å². The lowest BCUT2D eigenvalue weighted by molar-refractivity contribution is 1.11. The first-order chi connectivity index (χ1) is 25.3. The molecule has 2 nitrogen and oxygen atoms in total. The van der Waals surface area contributed by atoms with Crippen LogP contribution in [-0.4, -0.2) is 9.55 Å². The van der Waals surface area contributed by atoms with Crippen molar-refractivity contribution in [3.8, 4) is 50.5 Å². The quantitative estimate of drug-likeness (QED) is 0.170. The highest BCUT2D eigenvalue weighted by atomic mass is 15.1. The Morgan fingerprint density at radius 2 is 0.745 bits per heavy atom. The fourth-order valence-electron chi connectivity index (χ4n) is 7.86. The number of hydrogen-bond donors (Lipinski definition) is 0. The standard InChI is InChI=1S/C49H32N2/c1-3-13-33(14-4-1)34-23-25-36(26-24-34)46-41-19-9-11-21-43(41)47(44-22-12-10-20-42(44)46)37-27-30-39(31-28-37)51-48-40-18-8-7-15-35(40)29-32-45(48)50-49(51)38-16-5-2-6-17-38/h1-32H. The lowest BCUT2D eigenvalue weighted by Crippen LogP contribution is -1.98. The van der Waals surface area contributed by atoms with E-state index in [0.717, 1.165) is 28.1 Å². The summed E-state index contributed by atoms with van der Waals surface area (Å²) < 4.78 is 2.33. The van der Waals surface area contributed by atoms with Gasteiger partial charge < -0.3 is 0 Å². The highest BCUT2D eigenvalue weighted by Gasteiger charge is 2.19. The zero-order valence-corrected chi connectivity index (χ0v) is 27.9. The normalized spacial score (nSPS) is 11.5. The minimum atomic E-state index is 0.938. The fraction of sp³-hybridized carbons (Fsp3) is 0. The zero-order valence-electron chi connectivity index (χ0n) is 27.9. The Bertz CT molecular complexity index is 2810. The lowest BCUT2D eigenvalue weighted by Gasteiger charge is -2.18. The molecule has 0 aliphatic carbocycles. The second-order valence-corrected chi connectivity index (χ2v) is 13.1. The number of fused-ring (bicyclic) bond motifs is 5. The van der Waals surface area contributed by atoms with Gasteiger partial charge in [0.2, 0.25) is 0 Å². The van der Waals surface area contributed by atoms with Crippen LogP contribution in [0.5, 0.6) is 0 Å². The van der Waals surface area contributed by atoms with Crippen LogP contribution in [0.4, 0.5) is 0 Å². The molecule has 0 saturated carbocycles. The molecule has 1 aromatic heterocycles. The molecule has 0 fully saturated rings. The average molecular weight is 649 g/mol. The van der Waals surface area contributed by atoms with E-state index in [9.17, 15) is 0 Å². The largest absolute Gasteiger partial charge is 0.292 e. The Morgan fingerprint density at radius 3 is 1.31 bits per heavy atom. The predicted molar refractivity (Wildman–Crippen MR) is 215 cm³/mol. The van der Waals surface area contributed by atoms with E-state index in [1.54, 1.807) is 0 Å². The van der Waals surface area contributed by atoms with Crippen LogP contribution in [0, 0.1) is 0 Å². The van der Waals surface area contributed by atoms with E-state index in [1.165, 1.54) is 65.7 Å². The van der Waals surface area contributed by atoms with Crippen molar-refractivity contribution in [3.63, 3.8) is 0 Å². The number of imidazole rings is 1. The fourth-order valence-corrected chi connectivity index (χ4v) is 7.86. The molecule has 10 rings (SSSR count). The molecule has 0 N–H and O–H groups in total. The van der Waals surface area contributed by atoms with E-state index >= 15 is 0 Å². The molecular formula is C49H32N2. The maximum absolute atomic E-state index is 5.20. The van der Waals surface area contributed by atoms with E-state index in [-0.39, 0.29) is 0 Å². The van der Waals surface area contributed by atoms with Crippen molar-refractivity contribution in [1.82, 2.24) is 9.55 Å². The number of aromatic nitrogens is 2. The van der Waals surface area contributed by atoms with Crippen molar-refractivity contribution < 1.29 is 0 Å². The molecule has 0 bridgehead atoms. The van der Waals surface area contributed by atoms with Crippen molar-refractivity contribution in [2.45, 2.75) is 0 Å².